The first-order valence-electron chi connectivity index (χ1n) is 12.4. The van der Waals surface area contributed by atoms with Gasteiger partial charge in [0.2, 0.25) is 0 Å². The van der Waals surface area contributed by atoms with Gasteiger partial charge in [-0.1, -0.05) is 13.8 Å². The molecule has 4 aliphatic rings. The third-order valence-corrected chi connectivity index (χ3v) is 11.7. The summed E-state index contributed by atoms with van der Waals surface area (Å²) >= 11 is 2.23. The number of hydrogen-bond donors (Lipinski definition) is 1. The normalized spacial score (nSPS) is 46.7. The summed E-state index contributed by atoms with van der Waals surface area (Å²) in [7, 11) is 0. The van der Waals surface area contributed by atoms with Crippen LogP contribution in [0.5, 0.6) is 0 Å². The Kier molecular flexibility index (Phi) is 5.60. The van der Waals surface area contributed by atoms with Crippen LogP contribution in [0.15, 0.2) is 23.0 Å². The van der Waals surface area contributed by atoms with E-state index >= 15 is 0 Å². The molecule has 4 fully saturated rings. The Bertz CT molecular complexity index is 689. The van der Waals surface area contributed by atoms with Crippen molar-refractivity contribution in [3.05, 3.63) is 24.2 Å². The maximum absolute atomic E-state index is 5.72. The van der Waals surface area contributed by atoms with Crippen LogP contribution in [-0.2, 0) is 0 Å². The van der Waals surface area contributed by atoms with Gasteiger partial charge in [0.05, 0.1) is 12.5 Å². The van der Waals surface area contributed by atoms with Crippen LogP contribution in [0.2, 0.25) is 0 Å². The predicted octanol–water partition coefficient (Wildman–Crippen LogP) is 6.86. The van der Waals surface area contributed by atoms with Gasteiger partial charge in [-0.15, -0.1) is 0 Å². The van der Waals surface area contributed by atoms with E-state index in [1.807, 2.05) is 12.5 Å². The molecule has 0 amide bonds. The predicted molar refractivity (Wildman–Crippen MR) is 123 cm³/mol. The van der Waals surface area contributed by atoms with E-state index in [0.717, 1.165) is 41.4 Å². The molecule has 5 rings (SSSR count). The Balaban J connectivity index is 1.31. The Morgan fingerprint density at radius 1 is 1.03 bits per heavy atom. The van der Waals surface area contributed by atoms with Crippen molar-refractivity contribution in [2.75, 3.05) is 12.3 Å². The molecule has 3 heteroatoms. The molecular formula is C26H41NOS. The lowest BCUT2D eigenvalue weighted by Gasteiger charge is -2.61. The molecule has 29 heavy (non-hydrogen) atoms. The van der Waals surface area contributed by atoms with Crippen LogP contribution in [-0.4, -0.2) is 17.5 Å². The minimum Gasteiger partial charge on any atom is -0.472 e. The van der Waals surface area contributed by atoms with E-state index in [2.05, 4.69) is 31.7 Å². The molecule has 1 heterocycles. The molecule has 1 aromatic rings. The van der Waals surface area contributed by atoms with Gasteiger partial charge in [-0.25, -0.2) is 0 Å². The number of nitrogens with two attached hydrogens (primary N) is 1. The van der Waals surface area contributed by atoms with Gasteiger partial charge in [0.15, 0.2) is 0 Å². The summed E-state index contributed by atoms with van der Waals surface area (Å²) < 4.78 is 5.48. The van der Waals surface area contributed by atoms with Crippen molar-refractivity contribution in [3.63, 3.8) is 0 Å². The zero-order chi connectivity index (χ0) is 20.1. The summed E-state index contributed by atoms with van der Waals surface area (Å²) in [4.78, 5) is 0. The van der Waals surface area contributed by atoms with Crippen LogP contribution >= 0.6 is 11.8 Å². The summed E-state index contributed by atoms with van der Waals surface area (Å²) in [5.74, 6) is 5.88. The highest BCUT2D eigenvalue weighted by Crippen LogP contribution is 2.69. The van der Waals surface area contributed by atoms with Crippen molar-refractivity contribution >= 4 is 11.8 Å². The lowest BCUT2D eigenvalue weighted by Crippen LogP contribution is -2.53. The largest absolute Gasteiger partial charge is 0.472 e. The zero-order valence-corrected chi connectivity index (χ0v) is 19.4. The van der Waals surface area contributed by atoms with Gasteiger partial charge < -0.3 is 10.2 Å². The summed E-state index contributed by atoms with van der Waals surface area (Å²) in [5.41, 5.74) is 8.31. The molecule has 1 aromatic heterocycles. The Labute approximate surface area is 182 Å². The molecule has 0 saturated heterocycles. The van der Waals surface area contributed by atoms with E-state index in [-0.39, 0.29) is 0 Å². The van der Waals surface area contributed by atoms with Gasteiger partial charge in [-0.3, -0.25) is 0 Å². The first kappa shape index (κ1) is 20.5. The number of fused-ring (bicyclic) bond motifs is 5. The number of hydrogen-bond acceptors (Lipinski definition) is 3. The zero-order valence-electron chi connectivity index (χ0n) is 18.6. The highest BCUT2D eigenvalue weighted by molar-refractivity contribution is 7.99. The lowest BCUT2D eigenvalue weighted by molar-refractivity contribution is -0.105. The molecule has 4 saturated carbocycles. The van der Waals surface area contributed by atoms with Gasteiger partial charge in [0.1, 0.15) is 0 Å². The summed E-state index contributed by atoms with van der Waals surface area (Å²) in [6.45, 7) is 6.20. The van der Waals surface area contributed by atoms with Gasteiger partial charge in [-0.05, 0) is 129 Å². The average Bonchev–Trinajstić information content (AvgIpc) is 3.35. The van der Waals surface area contributed by atoms with Gasteiger partial charge in [-0.2, -0.15) is 11.8 Å². The van der Waals surface area contributed by atoms with Crippen molar-refractivity contribution in [3.8, 4) is 0 Å². The fourth-order valence-corrected chi connectivity index (χ4v) is 10.0. The summed E-state index contributed by atoms with van der Waals surface area (Å²) in [6, 6.07) is 2.24. The summed E-state index contributed by atoms with van der Waals surface area (Å²) in [5, 5.41) is 0.905. The smallest absolute Gasteiger partial charge is 0.0937 e. The van der Waals surface area contributed by atoms with E-state index in [1.165, 1.54) is 75.5 Å². The van der Waals surface area contributed by atoms with E-state index in [4.69, 9.17) is 10.2 Å². The van der Waals surface area contributed by atoms with Crippen molar-refractivity contribution in [1.82, 2.24) is 0 Å². The molecule has 162 valence electrons. The molecule has 0 aliphatic heterocycles. The second kappa shape index (κ2) is 7.93. The van der Waals surface area contributed by atoms with E-state index in [0.29, 0.717) is 10.8 Å². The molecule has 2 nitrogen and oxygen atoms in total. The third-order valence-electron chi connectivity index (χ3n) is 10.3. The number of thioether (sulfide) groups is 1. The molecule has 0 radical (unpaired) electrons. The van der Waals surface area contributed by atoms with E-state index in [9.17, 15) is 0 Å². The van der Waals surface area contributed by atoms with Crippen LogP contribution in [0.1, 0.15) is 89.5 Å². The molecule has 0 aromatic carbocycles. The fourth-order valence-electron chi connectivity index (χ4n) is 8.72. The van der Waals surface area contributed by atoms with Crippen LogP contribution in [0.25, 0.3) is 0 Å². The minimum atomic E-state index is 0.503. The van der Waals surface area contributed by atoms with Crippen LogP contribution < -0.4 is 5.73 Å². The second-order valence-electron chi connectivity index (χ2n) is 11.3. The SMILES string of the molecule is C[C@]12CC[C@H]3[C@@H](CCC4C[C@@H](SCCCN)CC[C@@]43C)[C@@H]1CC[C@@H]2c1ccoc1. The standard InChI is InChI=1S/C26H41NOS/c1-25-11-8-20(29-15-3-13-27)16-19(25)4-5-21-23-7-6-22(18-10-14-28-17-18)26(23,2)12-9-24(21)25/h10,14,17,19-24H,3-9,11-13,15-16,27H2,1-2H3/t19?,20-,21-,22+,23-,24-,25-,26+/m0/s1. The highest BCUT2D eigenvalue weighted by Gasteiger charge is 2.60. The molecular weight excluding hydrogens is 374 g/mol. The van der Waals surface area contributed by atoms with E-state index < -0.39 is 0 Å². The van der Waals surface area contributed by atoms with Crippen molar-refractivity contribution in [2.45, 2.75) is 89.2 Å². The maximum Gasteiger partial charge on any atom is 0.0937 e. The first-order chi connectivity index (χ1) is 14.1. The summed E-state index contributed by atoms with van der Waals surface area (Å²) in [6.07, 6.45) is 18.3. The van der Waals surface area contributed by atoms with Crippen LogP contribution in [0.4, 0.5) is 0 Å². The van der Waals surface area contributed by atoms with Crippen molar-refractivity contribution < 1.29 is 4.42 Å². The van der Waals surface area contributed by atoms with Gasteiger partial charge in [0.25, 0.3) is 0 Å². The molecule has 4 aliphatic carbocycles. The lowest BCUT2D eigenvalue weighted by atomic mass is 9.44. The monoisotopic (exact) mass is 415 g/mol. The number of rotatable bonds is 5. The van der Waals surface area contributed by atoms with Crippen molar-refractivity contribution in [1.29, 1.82) is 0 Å². The third kappa shape index (κ3) is 3.34. The highest BCUT2D eigenvalue weighted by atomic mass is 32.2. The second-order valence-corrected chi connectivity index (χ2v) is 12.7. The van der Waals surface area contributed by atoms with Gasteiger partial charge in [0, 0.05) is 5.25 Å². The maximum atomic E-state index is 5.72. The van der Waals surface area contributed by atoms with Crippen LogP contribution in [0, 0.1) is 34.5 Å². The quantitative estimate of drug-likeness (QED) is 0.534. The molecule has 0 spiro atoms. The molecule has 2 N–H and O–H groups in total. The molecule has 1 unspecified atom stereocenters. The average molecular weight is 416 g/mol. The number of furan rings is 1. The van der Waals surface area contributed by atoms with Gasteiger partial charge >= 0.3 is 0 Å². The Morgan fingerprint density at radius 2 is 1.86 bits per heavy atom. The van der Waals surface area contributed by atoms with Crippen molar-refractivity contribution in [2.24, 2.45) is 40.2 Å². The molecule has 8 atom stereocenters. The first-order valence-corrected chi connectivity index (χ1v) is 13.4. The van der Waals surface area contributed by atoms with E-state index in [1.54, 1.807) is 0 Å². The van der Waals surface area contributed by atoms with Crippen LogP contribution in [0.3, 0.4) is 0 Å². The Hall–Kier alpha value is -0.410. The molecule has 0 bridgehead atoms. The topological polar surface area (TPSA) is 39.2 Å². The minimum absolute atomic E-state index is 0.503. The fraction of sp³-hybridized carbons (Fsp3) is 0.846. The Morgan fingerprint density at radius 3 is 2.66 bits per heavy atom.